The molecule has 1 atom stereocenters. The van der Waals surface area contributed by atoms with Crippen molar-refractivity contribution in [3.05, 3.63) is 0 Å². The zero-order valence-electron chi connectivity index (χ0n) is 10.4. The van der Waals surface area contributed by atoms with Gasteiger partial charge in [0.25, 0.3) is 0 Å². The van der Waals surface area contributed by atoms with Crippen LogP contribution in [0.4, 0.5) is 9.59 Å². The van der Waals surface area contributed by atoms with E-state index in [1.807, 2.05) is 13.8 Å². The fourth-order valence-corrected chi connectivity index (χ4v) is 1.32. The number of ether oxygens (including phenoxy) is 1. The SMILES string of the molecule is CCC(C)SNC(=O)N(C(=N)OC)C(=O)NC. The molecule has 17 heavy (non-hydrogen) atoms. The monoisotopic (exact) mass is 262 g/mol. The third-order valence-electron chi connectivity index (χ3n) is 1.94. The van der Waals surface area contributed by atoms with Crippen LogP contribution in [0.2, 0.25) is 0 Å². The summed E-state index contributed by atoms with van der Waals surface area (Å²) in [6.45, 7) is 3.92. The largest absolute Gasteiger partial charge is 0.468 e. The third-order valence-corrected chi connectivity index (χ3v) is 2.97. The molecule has 0 radical (unpaired) electrons. The lowest BCUT2D eigenvalue weighted by molar-refractivity contribution is 0.199. The Labute approximate surface area is 105 Å². The van der Waals surface area contributed by atoms with Gasteiger partial charge in [-0.3, -0.25) is 10.1 Å². The second-order valence-corrected chi connectivity index (χ2v) is 4.39. The van der Waals surface area contributed by atoms with Crippen molar-refractivity contribution >= 4 is 30.0 Å². The van der Waals surface area contributed by atoms with Gasteiger partial charge in [0, 0.05) is 12.3 Å². The Bertz CT molecular complexity index is 282. The molecule has 0 spiro atoms. The highest BCUT2D eigenvalue weighted by molar-refractivity contribution is 7.98. The molecule has 0 aliphatic carbocycles. The predicted molar refractivity (Wildman–Crippen MR) is 66.9 cm³/mol. The minimum absolute atomic E-state index is 0.224. The van der Waals surface area contributed by atoms with Crippen molar-refractivity contribution in [1.29, 1.82) is 5.41 Å². The van der Waals surface area contributed by atoms with Crippen LogP contribution in [0.25, 0.3) is 0 Å². The van der Waals surface area contributed by atoms with Crippen molar-refractivity contribution in [3.8, 4) is 0 Å². The summed E-state index contributed by atoms with van der Waals surface area (Å²) in [5.74, 6) is 0. The van der Waals surface area contributed by atoms with Crippen LogP contribution in [0.5, 0.6) is 0 Å². The lowest BCUT2D eigenvalue weighted by atomic mass is 10.4. The van der Waals surface area contributed by atoms with Crippen LogP contribution < -0.4 is 10.0 Å². The zero-order chi connectivity index (χ0) is 13.4. The Balaban J connectivity index is 4.54. The molecular formula is C9H18N4O3S. The maximum atomic E-state index is 11.7. The Morgan fingerprint density at radius 1 is 1.47 bits per heavy atom. The van der Waals surface area contributed by atoms with Crippen LogP contribution in [0.1, 0.15) is 20.3 Å². The minimum atomic E-state index is -0.723. The Morgan fingerprint density at radius 3 is 2.47 bits per heavy atom. The molecule has 0 rings (SSSR count). The fourth-order valence-electron chi connectivity index (χ4n) is 0.760. The van der Waals surface area contributed by atoms with Crippen LogP contribution >= 0.6 is 11.9 Å². The summed E-state index contributed by atoms with van der Waals surface area (Å²) in [5.41, 5.74) is 0. The fraction of sp³-hybridized carbons (Fsp3) is 0.667. The van der Waals surface area contributed by atoms with Crippen LogP contribution in [-0.4, -0.2) is 42.4 Å². The van der Waals surface area contributed by atoms with Crippen molar-refractivity contribution in [2.24, 2.45) is 0 Å². The first-order valence-electron chi connectivity index (χ1n) is 5.07. The van der Waals surface area contributed by atoms with Gasteiger partial charge in [0.2, 0.25) is 0 Å². The summed E-state index contributed by atoms with van der Waals surface area (Å²) >= 11 is 1.20. The molecule has 0 aromatic rings. The number of methoxy groups -OCH3 is 1. The highest BCUT2D eigenvalue weighted by atomic mass is 32.2. The van der Waals surface area contributed by atoms with E-state index in [1.165, 1.54) is 26.1 Å². The number of hydrogen-bond donors (Lipinski definition) is 3. The number of amidine groups is 1. The molecule has 0 aromatic carbocycles. The van der Waals surface area contributed by atoms with Gasteiger partial charge in [0.05, 0.1) is 7.11 Å². The first-order valence-corrected chi connectivity index (χ1v) is 5.95. The summed E-state index contributed by atoms with van der Waals surface area (Å²) in [5, 5.41) is 9.85. The van der Waals surface area contributed by atoms with E-state index >= 15 is 0 Å². The number of nitrogens with zero attached hydrogens (tertiary/aromatic N) is 1. The van der Waals surface area contributed by atoms with E-state index in [-0.39, 0.29) is 5.25 Å². The van der Waals surface area contributed by atoms with E-state index in [0.717, 1.165) is 6.42 Å². The number of nitrogens with one attached hydrogen (secondary N) is 3. The van der Waals surface area contributed by atoms with E-state index in [1.54, 1.807) is 0 Å². The molecular weight excluding hydrogens is 244 g/mol. The summed E-state index contributed by atoms with van der Waals surface area (Å²) < 4.78 is 7.05. The van der Waals surface area contributed by atoms with Crippen molar-refractivity contribution in [1.82, 2.24) is 14.9 Å². The molecule has 0 bridgehead atoms. The van der Waals surface area contributed by atoms with E-state index < -0.39 is 18.1 Å². The quantitative estimate of drug-likeness (QED) is 0.406. The molecule has 98 valence electrons. The van der Waals surface area contributed by atoms with E-state index in [0.29, 0.717) is 4.90 Å². The number of rotatable bonds is 3. The van der Waals surface area contributed by atoms with Crippen molar-refractivity contribution in [2.75, 3.05) is 14.2 Å². The average molecular weight is 262 g/mol. The van der Waals surface area contributed by atoms with Gasteiger partial charge in [-0.05, 0) is 18.4 Å². The summed E-state index contributed by atoms with van der Waals surface area (Å²) in [6.07, 6.45) is 0.882. The maximum absolute atomic E-state index is 11.7. The van der Waals surface area contributed by atoms with Gasteiger partial charge in [-0.25, -0.2) is 9.59 Å². The third kappa shape index (κ3) is 4.94. The molecule has 3 N–H and O–H groups in total. The molecule has 0 saturated heterocycles. The van der Waals surface area contributed by atoms with Gasteiger partial charge >= 0.3 is 18.1 Å². The van der Waals surface area contributed by atoms with Gasteiger partial charge in [-0.15, -0.1) is 0 Å². The number of urea groups is 2. The molecule has 4 amide bonds. The van der Waals surface area contributed by atoms with E-state index in [9.17, 15) is 9.59 Å². The molecule has 0 fully saturated rings. The average Bonchev–Trinajstić information content (AvgIpc) is 2.35. The minimum Gasteiger partial charge on any atom is -0.468 e. The molecule has 8 heteroatoms. The first kappa shape index (κ1) is 15.6. The normalized spacial score (nSPS) is 11.3. The summed E-state index contributed by atoms with van der Waals surface area (Å²) in [7, 11) is 2.58. The smallest absolute Gasteiger partial charge is 0.343 e. The number of carbonyl (C=O) groups excluding carboxylic acids is 2. The first-order chi connectivity index (χ1) is 7.97. The lowest BCUT2D eigenvalue weighted by Gasteiger charge is -2.20. The van der Waals surface area contributed by atoms with Gasteiger partial charge in [-0.2, -0.15) is 4.90 Å². The molecule has 7 nitrogen and oxygen atoms in total. The van der Waals surface area contributed by atoms with Crippen LogP contribution in [0.15, 0.2) is 0 Å². The Kier molecular flexibility index (Phi) is 7.11. The second-order valence-electron chi connectivity index (χ2n) is 3.14. The Morgan fingerprint density at radius 2 is 2.06 bits per heavy atom. The van der Waals surface area contributed by atoms with Gasteiger partial charge in [0.15, 0.2) is 0 Å². The van der Waals surface area contributed by atoms with E-state index in [2.05, 4.69) is 14.8 Å². The molecule has 0 saturated carbocycles. The highest BCUT2D eigenvalue weighted by Crippen LogP contribution is 2.10. The predicted octanol–water partition coefficient (Wildman–Crippen LogP) is 1.37. The van der Waals surface area contributed by atoms with Crippen LogP contribution in [0.3, 0.4) is 0 Å². The van der Waals surface area contributed by atoms with E-state index in [4.69, 9.17) is 5.41 Å². The molecule has 0 aliphatic heterocycles. The second kappa shape index (κ2) is 7.77. The molecule has 0 heterocycles. The van der Waals surface area contributed by atoms with Crippen molar-refractivity contribution < 1.29 is 14.3 Å². The number of hydrogen-bond acceptors (Lipinski definition) is 5. The zero-order valence-corrected chi connectivity index (χ0v) is 11.2. The number of carbonyl (C=O) groups is 2. The summed E-state index contributed by atoms with van der Waals surface area (Å²) in [4.78, 5) is 23.6. The van der Waals surface area contributed by atoms with Gasteiger partial charge in [-0.1, -0.05) is 13.8 Å². The topological polar surface area (TPSA) is 94.5 Å². The summed E-state index contributed by atoms with van der Waals surface area (Å²) in [6, 6.07) is -1.97. The molecule has 0 aliphatic rings. The molecule has 1 unspecified atom stereocenters. The maximum Gasteiger partial charge on any atom is 0.343 e. The van der Waals surface area contributed by atoms with Gasteiger partial charge < -0.3 is 10.1 Å². The number of amides is 4. The molecule has 0 aromatic heterocycles. The highest BCUT2D eigenvalue weighted by Gasteiger charge is 2.26. The number of imide groups is 1. The standard InChI is InChI=1S/C9H18N4O3S/c1-5-6(2)17-12-9(15)13(7(10)16-4)8(14)11-3/h6,10H,5H2,1-4H3,(H,11,14)(H,12,15). The van der Waals surface area contributed by atoms with Gasteiger partial charge in [0.1, 0.15) is 0 Å². The van der Waals surface area contributed by atoms with Crippen LogP contribution in [-0.2, 0) is 4.74 Å². The lowest BCUT2D eigenvalue weighted by Crippen LogP contribution is -2.49. The van der Waals surface area contributed by atoms with Crippen LogP contribution in [0, 0.1) is 5.41 Å². The van der Waals surface area contributed by atoms with Crippen molar-refractivity contribution in [3.63, 3.8) is 0 Å². The van der Waals surface area contributed by atoms with Crippen molar-refractivity contribution in [2.45, 2.75) is 25.5 Å². The Hall–Kier alpha value is -1.44.